The zero-order valence-corrected chi connectivity index (χ0v) is 12.1. The van der Waals surface area contributed by atoms with Gasteiger partial charge in [-0.15, -0.1) is 0 Å². The molecule has 0 aliphatic heterocycles. The summed E-state index contributed by atoms with van der Waals surface area (Å²) in [4.78, 5) is 30.0. The molecule has 0 fully saturated rings. The number of Topliss-reactive ketones (excluding diaryl/α,β-unsaturated/α-hetero) is 2. The zero-order valence-electron chi connectivity index (χ0n) is 9.60. The summed E-state index contributed by atoms with van der Waals surface area (Å²) in [7, 11) is 0.626. The Morgan fingerprint density at radius 2 is 1.76 bits per heavy atom. The summed E-state index contributed by atoms with van der Waals surface area (Å²) in [5.74, 6) is -0.637. The molecule has 0 unspecified atom stereocenters. The maximum atomic E-state index is 10.2. The summed E-state index contributed by atoms with van der Waals surface area (Å²) >= 11 is 0. The molecule has 0 saturated carbocycles. The summed E-state index contributed by atoms with van der Waals surface area (Å²) < 4.78 is 0. The van der Waals surface area contributed by atoms with Crippen LogP contribution in [0.15, 0.2) is 30.3 Å². The van der Waals surface area contributed by atoms with Crippen LogP contribution in [0.4, 0.5) is 0 Å². The van der Waals surface area contributed by atoms with E-state index in [-0.39, 0.29) is 31.0 Å². The number of ketones is 2. The Morgan fingerprint density at radius 3 is 2.06 bits per heavy atom. The molecular weight excluding hydrogens is 326 g/mol. The first-order valence-electron chi connectivity index (χ1n) is 4.78. The second-order valence-electron chi connectivity index (χ2n) is 2.87. The van der Waals surface area contributed by atoms with Crippen molar-refractivity contribution >= 4 is 30.7 Å². The monoisotopic (exact) mass is 339 g/mol. The van der Waals surface area contributed by atoms with Crippen molar-refractivity contribution in [1.82, 2.24) is 0 Å². The van der Waals surface area contributed by atoms with Crippen LogP contribution in [0.25, 0.3) is 0 Å². The molecule has 1 aromatic rings. The molecule has 0 spiro atoms. The van der Waals surface area contributed by atoms with Crippen molar-refractivity contribution < 1.29 is 33.9 Å². The molecule has 5 heteroatoms. The van der Waals surface area contributed by atoms with E-state index in [4.69, 9.17) is 0 Å². The third-order valence-electron chi connectivity index (χ3n) is 1.64. The van der Waals surface area contributed by atoms with Gasteiger partial charge in [0.2, 0.25) is 0 Å². The van der Waals surface area contributed by atoms with E-state index in [1.54, 1.807) is 12.6 Å². The average Bonchev–Trinajstić information content (AvgIpc) is 2.30. The van der Waals surface area contributed by atoms with Crippen molar-refractivity contribution in [2.24, 2.45) is 0 Å². The Bertz CT molecular complexity index is 397. The number of carbonyl (C=O) groups is 2. The molecule has 0 aliphatic rings. The fraction of sp³-hybridized carbons (Fsp3) is 0.250. The van der Waals surface area contributed by atoms with Gasteiger partial charge in [-0.1, -0.05) is 25.1 Å². The molecule has 1 radical (unpaired) electrons. The van der Waals surface area contributed by atoms with Gasteiger partial charge in [0.15, 0.2) is 17.2 Å². The van der Waals surface area contributed by atoms with E-state index in [0.717, 1.165) is 5.30 Å². The molecule has 1 rings (SSSR count). The van der Waals surface area contributed by atoms with E-state index in [1.807, 2.05) is 30.3 Å². The minimum atomic E-state index is -0.345. The number of hydrogen-bond donors (Lipinski definition) is 0. The topological polar surface area (TPSA) is 51.2 Å². The average molecular weight is 339 g/mol. The summed E-state index contributed by atoms with van der Waals surface area (Å²) in [5.41, 5.74) is 1.81. The molecule has 1 aromatic carbocycles. The Kier molecular flexibility index (Phi) is 12.5. The van der Waals surface area contributed by atoms with Gasteiger partial charge in [0, 0.05) is 46.3 Å². The molecule has 0 N–H and O–H groups in total. The maximum absolute atomic E-state index is 10.2. The summed E-state index contributed by atoms with van der Waals surface area (Å²) in [6.07, 6.45) is 0.329. The zero-order chi connectivity index (χ0) is 12.4. The fourth-order valence-corrected chi connectivity index (χ4v) is 1.23. The second-order valence-corrected chi connectivity index (χ2v) is 3.79. The molecule has 0 amide bonds. The first-order valence-corrected chi connectivity index (χ1v) is 5.68. The molecule has 0 aromatic heterocycles. The molecule has 0 saturated heterocycles. The normalized spacial score (nSPS) is 8.12. The molecule has 0 heterocycles. The van der Waals surface area contributed by atoms with Crippen LogP contribution in [0.5, 0.6) is 0 Å². The molecule has 0 aliphatic carbocycles. The van der Waals surface area contributed by atoms with Gasteiger partial charge < -0.3 is 0 Å². The van der Waals surface area contributed by atoms with Gasteiger partial charge in [-0.05, 0) is 12.1 Å². The van der Waals surface area contributed by atoms with Gasteiger partial charge in [0.25, 0.3) is 0 Å². The standard InChI is InChI=1S/C7H5OP.C5H8O2.Rh/c8-6-9-7-4-2-1-3-5-7;1-3-5(7)4(2)6;/h1-5H;3H2,1-2H3;. The molecule has 3 nitrogen and oxygen atoms in total. The van der Waals surface area contributed by atoms with Gasteiger partial charge >= 0.3 is 0 Å². The molecule has 17 heavy (non-hydrogen) atoms. The fourth-order valence-electron chi connectivity index (χ4n) is 0.804. The number of rotatable bonds is 3. The van der Waals surface area contributed by atoms with E-state index >= 15 is 0 Å². The minimum Gasteiger partial charge on any atom is -0.291 e. The van der Waals surface area contributed by atoms with Crippen molar-refractivity contribution in [3.05, 3.63) is 30.3 Å². The predicted octanol–water partition coefficient (Wildman–Crippen LogP) is 1.88. The Labute approximate surface area is 115 Å². The third-order valence-corrected chi connectivity index (χ3v) is 2.29. The van der Waals surface area contributed by atoms with Gasteiger partial charge in [0.1, 0.15) is 0 Å². The predicted molar refractivity (Wildman–Crippen MR) is 64.7 cm³/mol. The van der Waals surface area contributed by atoms with Crippen molar-refractivity contribution in [2.75, 3.05) is 0 Å². The molecule has 0 bridgehead atoms. The van der Waals surface area contributed by atoms with Crippen molar-refractivity contribution in [2.45, 2.75) is 20.3 Å². The SMILES string of the molecule is CCC(=O)C(C)=O.O=C=Pc1ccccc1.[Rh]. The number of hydrogen-bond acceptors (Lipinski definition) is 3. The first kappa shape index (κ1) is 18.4. The minimum absolute atomic E-state index is 0. The van der Waals surface area contributed by atoms with Crippen LogP contribution in [-0.2, 0) is 33.9 Å². The Hall–Kier alpha value is -0.937. The van der Waals surface area contributed by atoms with E-state index in [9.17, 15) is 14.4 Å². The van der Waals surface area contributed by atoms with E-state index < -0.39 is 0 Å². The van der Waals surface area contributed by atoms with Gasteiger partial charge in [-0.25, -0.2) is 4.79 Å². The van der Waals surface area contributed by atoms with Crippen LogP contribution in [0.2, 0.25) is 0 Å². The van der Waals surface area contributed by atoms with E-state index in [0.29, 0.717) is 14.6 Å². The van der Waals surface area contributed by atoms with Gasteiger partial charge in [-0.2, -0.15) is 0 Å². The second kappa shape index (κ2) is 11.5. The quantitative estimate of drug-likeness (QED) is 0.480. The number of benzene rings is 1. The van der Waals surface area contributed by atoms with Crippen molar-refractivity contribution in [1.29, 1.82) is 0 Å². The smallest absolute Gasteiger partial charge is 0.197 e. The Balaban J connectivity index is 0. The molecule has 93 valence electrons. The molecule has 0 atom stereocenters. The van der Waals surface area contributed by atoms with Crippen molar-refractivity contribution in [3.8, 4) is 0 Å². The van der Waals surface area contributed by atoms with Crippen molar-refractivity contribution in [3.63, 3.8) is 0 Å². The van der Waals surface area contributed by atoms with E-state index in [1.165, 1.54) is 6.92 Å². The summed E-state index contributed by atoms with van der Waals surface area (Å²) in [6, 6.07) is 9.52. The summed E-state index contributed by atoms with van der Waals surface area (Å²) in [5, 5.41) is 0.993. The van der Waals surface area contributed by atoms with Crippen LogP contribution in [0, 0.1) is 0 Å². The van der Waals surface area contributed by atoms with Gasteiger partial charge in [-0.3, -0.25) is 9.59 Å². The molecular formula is C12H13O3PRh. The summed E-state index contributed by atoms with van der Waals surface area (Å²) in [6.45, 7) is 2.95. The largest absolute Gasteiger partial charge is 0.291 e. The van der Waals surface area contributed by atoms with Crippen LogP contribution in [0.3, 0.4) is 0 Å². The number of carbonyl (C=O) groups excluding carboxylic acids is 3. The van der Waals surface area contributed by atoms with E-state index in [2.05, 4.69) is 0 Å². The van der Waals surface area contributed by atoms with Crippen LogP contribution >= 0.6 is 8.20 Å². The van der Waals surface area contributed by atoms with Crippen LogP contribution in [0.1, 0.15) is 20.3 Å². The first-order chi connectivity index (χ1) is 7.61. The van der Waals surface area contributed by atoms with Crippen LogP contribution < -0.4 is 5.30 Å². The maximum Gasteiger partial charge on any atom is 0.197 e. The Morgan fingerprint density at radius 1 is 1.24 bits per heavy atom. The van der Waals surface area contributed by atoms with Crippen LogP contribution in [-0.4, -0.2) is 17.2 Å². The van der Waals surface area contributed by atoms with Gasteiger partial charge in [0.05, 0.1) is 0 Å². The third kappa shape index (κ3) is 9.96.